The average Bonchev–Trinajstić information content (AvgIpc) is 2.88. The summed E-state index contributed by atoms with van der Waals surface area (Å²) in [6.07, 6.45) is 12.9. The van der Waals surface area contributed by atoms with Crippen LogP contribution >= 0.6 is 0 Å². The van der Waals surface area contributed by atoms with E-state index < -0.39 is 20.0 Å². The number of carbonyl (C=O) groups is 2. The Morgan fingerprint density at radius 2 is 1.60 bits per heavy atom. The summed E-state index contributed by atoms with van der Waals surface area (Å²) < 4.78 is 2.44. The first kappa shape index (κ1) is 25.3. The zero-order valence-electron chi connectivity index (χ0n) is 23.0. The summed E-state index contributed by atoms with van der Waals surface area (Å²) in [6, 6.07) is 12.4. The number of fused-ring (bicyclic) bond motifs is 4. The van der Waals surface area contributed by atoms with Gasteiger partial charge in [0.05, 0.1) is 17.5 Å². The molecule has 0 aromatic heterocycles. The number of carboxylic acids is 2. The smallest absolute Gasteiger partial charge is 0.336 e. The SMILES string of the molecule is Cc1cc(C(=O)O)c(C2=C3C=CC(=[N+]4CCC4)C=C3[Si]3(CCCCC3)c3cc(N4CCC4)ccc32)cc1C(=O)O. The van der Waals surface area contributed by atoms with E-state index in [2.05, 4.69) is 45.9 Å². The third-order valence-corrected chi connectivity index (χ3v) is 15.1. The van der Waals surface area contributed by atoms with E-state index in [-0.39, 0.29) is 11.1 Å². The van der Waals surface area contributed by atoms with Crippen molar-refractivity contribution in [3.05, 3.63) is 87.1 Å². The molecule has 0 bridgehead atoms. The van der Waals surface area contributed by atoms with Crippen LogP contribution in [0.3, 0.4) is 0 Å². The highest BCUT2D eigenvalue weighted by Crippen LogP contribution is 2.48. The zero-order chi connectivity index (χ0) is 27.6. The molecule has 0 saturated carbocycles. The molecule has 7 heteroatoms. The van der Waals surface area contributed by atoms with Gasteiger partial charge in [0.2, 0.25) is 0 Å². The molecule has 0 unspecified atom stereocenters. The van der Waals surface area contributed by atoms with Crippen molar-refractivity contribution in [2.45, 2.75) is 51.1 Å². The topological polar surface area (TPSA) is 80.8 Å². The molecule has 7 rings (SSSR count). The maximum absolute atomic E-state index is 12.6. The Hall–Kier alpha value is -3.71. The Morgan fingerprint density at radius 3 is 2.23 bits per heavy atom. The summed E-state index contributed by atoms with van der Waals surface area (Å²) in [5.74, 6) is -2.07. The van der Waals surface area contributed by atoms with E-state index in [1.807, 2.05) is 0 Å². The number of hydrogen-bond donors (Lipinski definition) is 2. The molecule has 0 radical (unpaired) electrons. The number of carboxylic acid groups (broad SMARTS) is 2. The number of hydrogen-bond acceptors (Lipinski definition) is 3. The van der Waals surface area contributed by atoms with Crippen LogP contribution in [0, 0.1) is 6.92 Å². The van der Waals surface area contributed by atoms with Crippen molar-refractivity contribution in [3.8, 4) is 0 Å². The third kappa shape index (κ3) is 3.78. The molecule has 5 aliphatic rings. The van der Waals surface area contributed by atoms with E-state index in [1.54, 1.807) is 19.1 Å². The first-order valence-electron chi connectivity index (χ1n) is 14.7. The number of anilines is 1. The van der Waals surface area contributed by atoms with E-state index in [4.69, 9.17) is 0 Å². The number of rotatable bonds is 4. The van der Waals surface area contributed by atoms with Gasteiger partial charge in [-0.2, -0.15) is 0 Å². The predicted molar refractivity (Wildman–Crippen MR) is 160 cm³/mol. The first-order chi connectivity index (χ1) is 19.4. The third-order valence-electron chi connectivity index (χ3n) is 9.82. The standard InChI is InChI=1S/C33H34N2O4Si/c1-21-17-28(33(38)39)27(20-26(21)32(36)37)31-24-9-7-22(34-11-5-12-34)18-29(24)40(15-3-2-4-16-40)30-19-23(8-10-25(30)31)35-13-6-14-35/h7-10,17-20H,2-6,11-16H2,1H3,(H-,36,37,38,39)/p+1. The van der Waals surface area contributed by atoms with Gasteiger partial charge in [0.25, 0.3) is 0 Å². The van der Waals surface area contributed by atoms with E-state index in [9.17, 15) is 19.8 Å². The molecule has 0 atom stereocenters. The zero-order valence-corrected chi connectivity index (χ0v) is 24.0. The van der Waals surface area contributed by atoms with Gasteiger partial charge in [-0.15, -0.1) is 0 Å². The molecule has 4 heterocycles. The molecule has 2 aromatic carbocycles. The minimum atomic E-state index is -2.15. The molecule has 4 aliphatic heterocycles. The summed E-state index contributed by atoms with van der Waals surface area (Å²) in [6.45, 7) is 5.96. The van der Waals surface area contributed by atoms with Crippen LogP contribution in [0.2, 0.25) is 12.1 Å². The molecule has 2 N–H and O–H groups in total. The van der Waals surface area contributed by atoms with Crippen LogP contribution in [0.15, 0.2) is 59.3 Å². The minimum Gasteiger partial charge on any atom is -0.478 e. The lowest BCUT2D eigenvalue weighted by Gasteiger charge is -2.45. The lowest BCUT2D eigenvalue weighted by Crippen LogP contribution is -2.56. The van der Waals surface area contributed by atoms with Crippen molar-refractivity contribution in [2.24, 2.45) is 0 Å². The molecule has 204 valence electrons. The van der Waals surface area contributed by atoms with Crippen LogP contribution in [0.1, 0.15) is 69.5 Å². The fourth-order valence-electron chi connectivity index (χ4n) is 7.43. The highest BCUT2D eigenvalue weighted by atomic mass is 28.3. The summed E-state index contributed by atoms with van der Waals surface area (Å²) in [4.78, 5) is 27.3. The largest absolute Gasteiger partial charge is 0.478 e. The van der Waals surface area contributed by atoms with Gasteiger partial charge in [0, 0.05) is 30.9 Å². The Morgan fingerprint density at radius 1 is 0.850 bits per heavy atom. The lowest BCUT2D eigenvalue weighted by atomic mass is 9.85. The van der Waals surface area contributed by atoms with E-state index in [0.29, 0.717) is 11.1 Å². The average molecular weight is 552 g/mol. The van der Waals surface area contributed by atoms with Crippen molar-refractivity contribution >= 4 is 42.2 Å². The second kappa shape index (κ2) is 9.44. The maximum atomic E-state index is 12.6. The van der Waals surface area contributed by atoms with Gasteiger partial charge >= 0.3 is 11.9 Å². The van der Waals surface area contributed by atoms with Crippen LogP contribution in [0.5, 0.6) is 0 Å². The van der Waals surface area contributed by atoms with Gasteiger partial charge < -0.3 is 15.1 Å². The monoisotopic (exact) mass is 551 g/mol. The van der Waals surface area contributed by atoms with Crippen LogP contribution in [0.25, 0.3) is 5.57 Å². The van der Waals surface area contributed by atoms with Crippen molar-refractivity contribution in [3.63, 3.8) is 0 Å². The maximum Gasteiger partial charge on any atom is 0.336 e. The van der Waals surface area contributed by atoms with Crippen LogP contribution in [0.4, 0.5) is 5.69 Å². The fraction of sp³-hybridized carbons (Fsp3) is 0.364. The predicted octanol–water partition coefficient (Wildman–Crippen LogP) is 5.15. The molecule has 1 aliphatic carbocycles. The van der Waals surface area contributed by atoms with Crippen LogP contribution in [-0.2, 0) is 0 Å². The molecule has 40 heavy (non-hydrogen) atoms. The quantitative estimate of drug-likeness (QED) is 0.406. The molecule has 1 spiro atoms. The molecule has 2 aromatic rings. The molecule has 6 nitrogen and oxygen atoms in total. The number of nitrogens with zero attached hydrogens (tertiary/aromatic N) is 2. The summed E-state index contributed by atoms with van der Waals surface area (Å²) in [5, 5.41) is 23.2. The van der Waals surface area contributed by atoms with Crippen LogP contribution < -0.4 is 10.1 Å². The second-order valence-corrected chi connectivity index (χ2v) is 16.2. The Kier molecular flexibility index (Phi) is 5.96. The molecule has 0 amide bonds. The number of aryl methyl sites for hydroxylation is 1. The molecular weight excluding hydrogens is 516 g/mol. The minimum absolute atomic E-state index is 0.153. The van der Waals surface area contributed by atoms with E-state index in [0.717, 1.165) is 42.9 Å². The first-order valence-corrected chi connectivity index (χ1v) is 17.1. The second-order valence-electron chi connectivity index (χ2n) is 12.0. The number of benzene rings is 2. The van der Waals surface area contributed by atoms with Crippen molar-refractivity contribution in [1.82, 2.24) is 0 Å². The molecular formula is C33H35N2O4Si+. The molecule has 3 saturated heterocycles. The summed E-state index contributed by atoms with van der Waals surface area (Å²) in [5.41, 5.74) is 6.88. The molecule has 3 fully saturated rings. The van der Waals surface area contributed by atoms with Crippen molar-refractivity contribution < 1.29 is 24.4 Å². The van der Waals surface area contributed by atoms with Gasteiger partial charge in [-0.3, -0.25) is 0 Å². The van der Waals surface area contributed by atoms with Gasteiger partial charge in [-0.25, -0.2) is 14.2 Å². The van der Waals surface area contributed by atoms with Gasteiger partial charge in [-0.1, -0.05) is 25.3 Å². The Labute approximate surface area is 235 Å². The van der Waals surface area contributed by atoms with Gasteiger partial charge in [-0.05, 0) is 94.0 Å². The van der Waals surface area contributed by atoms with Crippen molar-refractivity contribution in [1.29, 1.82) is 0 Å². The number of aromatic carboxylic acids is 2. The van der Waals surface area contributed by atoms with E-state index >= 15 is 0 Å². The van der Waals surface area contributed by atoms with Crippen LogP contribution in [-0.4, -0.2) is 66.7 Å². The number of allylic oxidation sites excluding steroid dienone is 5. The Balaban J connectivity index is 1.56. The van der Waals surface area contributed by atoms with Gasteiger partial charge in [0.15, 0.2) is 5.71 Å². The summed E-state index contributed by atoms with van der Waals surface area (Å²) in [7, 11) is -2.15. The lowest BCUT2D eigenvalue weighted by molar-refractivity contribution is -0.582. The summed E-state index contributed by atoms with van der Waals surface area (Å²) >= 11 is 0. The highest BCUT2D eigenvalue weighted by molar-refractivity contribution is 7.00. The normalized spacial score (nSPS) is 20.9. The van der Waals surface area contributed by atoms with Crippen molar-refractivity contribution in [2.75, 3.05) is 31.1 Å². The van der Waals surface area contributed by atoms with Gasteiger partial charge in [0.1, 0.15) is 21.2 Å². The highest BCUT2D eigenvalue weighted by Gasteiger charge is 2.48. The fourth-order valence-corrected chi connectivity index (χ4v) is 13.1. The Bertz CT molecular complexity index is 1600. The van der Waals surface area contributed by atoms with E-state index in [1.165, 1.54) is 66.0 Å².